The van der Waals surface area contributed by atoms with Crippen LogP contribution in [0, 0.1) is 25.1 Å². The van der Waals surface area contributed by atoms with Gasteiger partial charge in [-0.15, -0.1) is 0 Å². The number of ether oxygens (including phenoxy) is 2. The fraction of sp³-hybridized carbons (Fsp3) is 0.429. The third-order valence-corrected chi connectivity index (χ3v) is 10.1. The van der Waals surface area contributed by atoms with Crippen molar-refractivity contribution in [3.8, 4) is 25.1 Å². The Bertz CT molecular complexity index is 542. The van der Waals surface area contributed by atoms with Gasteiger partial charge in [-0.1, -0.05) is 12.8 Å². The molecule has 0 unspecified atom stereocenters. The van der Waals surface area contributed by atoms with Crippen molar-refractivity contribution >= 4 is 22.8 Å². The zero-order valence-corrected chi connectivity index (χ0v) is 13.3. The topological polar surface area (TPSA) is 194 Å². The zero-order valence-electron chi connectivity index (χ0n) is 10.6. The van der Waals surface area contributed by atoms with Gasteiger partial charge < -0.3 is 38.8 Å². The largest absolute Gasteiger partial charge is 0.430 e. The van der Waals surface area contributed by atoms with E-state index in [4.69, 9.17) is 12.8 Å². The minimum Gasteiger partial charge on any atom is -0.430 e. The van der Waals surface area contributed by atoms with Crippen LogP contribution in [-0.2, 0) is 23.2 Å². The lowest BCUT2D eigenvalue weighted by Crippen LogP contribution is -2.49. The summed E-state index contributed by atoms with van der Waals surface area (Å²) in [6.07, 6.45) is 12.4. The van der Waals surface area contributed by atoms with Gasteiger partial charge in [0.15, 0.2) is 13.5 Å². The Labute approximate surface area is 124 Å². The second-order valence-corrected chi connectivity index (χ2v) is 9.82. The quantitative estimate of drug-likeness (QED) is 0.164. The first-order valence-corrected chi connectivity index (χ1v) is 9.67. The van der Waals surface area contributed by atoms with E-state index in [1.807, 2.05) is 0 Å². The Morgan fingerprint density at radius 2 is 1.09 bits per heavy atom. The van der Waals surface area contributed by atoms with Gasteiger partial charge in [0.05, 0.1) is 0 Å². The van der Waals surface area contributed by atoms with E-state index >= 15 is 0 Å². The number of hydrogen-bond donors (Lipinski definition) is 6. The summed E-state index contributed by atoms with van der Waals surface area (Å²) in [5, 5.41) is 0. The Hall–Kier alpha value is -0.870. The first kappa shape index (κ1) is 21.1. The molecular formula is C7H12NO11P3. The van der Waals surface area contributed by atoms with E-state index in [-0.39, 0.29) is 4.90 Å². The molecular weight excluding hydrogens is 367 g/mol. The average molecular weight is 379 g/mol. The molecule has 0 rings (SSSR count). The Morgan fingerprint density at radius 3 is 1.27 bits per heavy atom. The lowest BCUT2D eigenvalue weighted by molar-refractivity contribution is 0.00637. The first-order chi connectivity index (χ1) is 9.77. The number of terminal acetylenes is 2. The second-order valence-electron chi connectivity index (χ2n) is 3.55. The van der Waals surface area contributed by atoms with Crippen molar-refractivity contribution in [1.29, 1.82) is 0 Å². The maximum absolute atomic E-state index is 11.6. The highest BCUT2D eigenvalue weighted by Crippen LogP contribution is 2.83. The van der Waals surface area contributed by atoms with E-state index in [0.717, 1.165) is 0 Å². The number of rotatable bonds is 8. The predicted molar refractivity (Wildman–Crippen MR) is 70.3 cm³/mol. The van der Waals surface area contributed by atoms with E-state index in [2.05, 4.69) is 9.47 Å². The summed E-state index contributed by atoms with van der Waals surface area (Å²) < 4.78 is 38.9. The summed E-state index contributed by atoms with van der Waals surface area (Å²) in [6, 6.07) is 0. The Morgan fingerprint density at radius 1 is 0.818 bits per heavy atom. The third-order valence-electron chi connectivity index (χ3n) is 2.20. The zero-order chi connectivity index (χ0) is 17.8. The smallest absolute Gasteiger partial charge is 0.371 e. The third kappa shape index (κ3) is 3.90. The molecule has 0 saturated heterocycles. The van der Waals surface area contributed by atoms with Crippen LogP contribution in [0.15, 0.2) is 0 Å². The molecule has 15 heteroatoms. The highest BCUT2D eigenvalue weighted by molar-refractivity contribution is 7.88. The Kier molecular flexibility index (Phi) is 6.85. The van der Waals surface area contributed by atoms with Crippen LogP contribution in [0.2, 0.25) is 0 Å². The predicted octanol–water partition coefficient (Wildman–Crippen LogP) is -1.44. The molecule has 12 nitrogen and oxygen atoms in total. The van der Waals surface area contributed by atoms with Crippen molar-refractivity contribution in [3.05, 3.63) is 0 Å². The molecule has 0 heterocycles. The van der Waals surface area contributed by atoms with Crippen LogP contribution in [0.4, 0.5) is 0 Å². The maximum atomic E-state index is 11.6. The van der Waals surface area contributed by atoms with Gasteiger partial charge in [0.25, 0.3) is 0 Å². The van der Waals surface area contributed by atoms with Crippen LogP contribution in [0.5, 0.6) is 0 Å². The molecule has 0 radical (unpaired) electrons. The lowest BCUT2D eigenvalue weighted by atomic mass is 10.8. The summed E-state index contributed by atoms with van der Waals surface area (Å²) in [5.41, 5.74) is 0. The van der Waals surface area contributed by atoms with Crippen molar-refractivity contribution in [2.45, 2.75) is 4.76 Å². The Balaban J connectivity index is 6.53. The lowest BCUT2D eigenvalue weighted by Gasteiger charge is -2.41. The number of hydrogen-bond acceptors (Lipinski definition) is 6. The summed E-state index contributed by atoms with van der Waals surface area (Å²) >= 11 is 0. The van der Waals surface area contributed by atoms with Crippen LogP contribution < -0.4 is 0 Å². The van der Waals surface area contributed by atoms with Gasteiger partial charge in [-0.25, -0.2) is 0 Å². The van der Waals surface area contributed by atoms with Crippen LogP contribution in [0.3, 0.4) is 0 Å². The molecule has 0 aliphatic rings. The average Bonchev–Trinajstić information content (AvgIpc) is 2.27. The SMILES string of the molecule is C#COCN(COC#C)C(P(=O)(O)O)(P(=O)(O)O)P(=O)(O)O. The van der Waals surface area contributed by atoms with Gasteiger partial charge in [-0.05, 0) is 0 Å². The van der Waals surface area contributed by atoms with Gasteiger partial charge in [0, 0.05) is 0 Å². The minimum absolute atomic E-state index is 0.158. The molecule has 0 aliphatic carbocycles. The normalized spacial score (nSPS) is 13.3. The van der Waals surface area contributed by atoms with E-state index in [1.54, 1.807) is 0 Å². The summed E-state index contributed by atoms with van der Waals surface area (Å²) in [4.78, 5) is 55.3. The van der Waals surface area contributed by atoms with Crippen LogP contribution >= 0.6 is 22.8 Å². The van der Waals surface area contributed by atoms with E-state index in [0.29, 0.717) is 0 Å². The van der Waals surface area contributed by atoms with Gasteiger partial charge in [-0.2, -0.15) is 4.90 Å². The van der Waals surface area contributed by atoms with Gasteiger partial charge in [0.1, 0.15) is 12.2 Å². The maximum Gasteiger partial charge on any atom is 0.371 e. The highest BCUT2D eigenvalue weighted by Gasteiger charge is 2.75. The van der Waals surface area contributed by atoms with Crippen molar-refractivity contribution in [3.63, 3.8) is 0 Å². The molecule has 0 atom stereocenters. The van der Waals surface area contributed by atoms with E-state index in [1.165, 1.54) is 12.2 Å². The van der Waals surface area contributed by atoms with Crippen molar-refractivity contribution in [2.24, 2.45) is 0 Å². The molecule has 0 bridgehead atoms. The van der Waals surface area contributed by atoms with E-state index < -0.39 is 41.0 Å². The molecule has 0 spiro atoms. The molecule has 0 saturated carbocycles. The second kappa shape index (κ2) is 7.14. The highest BCUT2D eigenvalue weighted by atomic mass is 31.3. The van der Waals surface area contributed by atoms with E-state index in [9.17, 15) is 43.1 Å². The molecule has 0 aromatic carbocycles. The fourth-order valence-corrected chi connectivity index (χ4v) is 7.03. The fourth-order valence-electron chi connectivity index (χ4n) is 1.50. The molecule has 22 heavy (non-hydrogen) atoms. The number of nitrogens with zero attached hydrogens (tertiary/aromatic N) is 1. The van der Waals surface area contributed by atoms with Gasteiger partial charge in [-0.3, -0.25) is 13.7 Å². The molecule has 0 aromatic rings. The molecule has 0 fully saturated rings. The van der Waals surface area contributed by atoms with Crippen molar-refractivity contribution in [2.75, 3.05) is 13.5 Å². The van der Waals surface area contributed by atoms with Crippen molar-refractivity contribution in [1.82, 2.24) is 4.90 Å². The van der Waals surface area contributed by atoms with Gasteiger partial charge >= 0.3 is 27.5 Å². The monoisotopic (exact) mass is 379 g/mol. The molecule has 0 aromatic heterocycles. The summed E-state index contributed by atoms with van der Waals surface area (Å²) in [5.74, 6) is 0. The molecule has 0 aliphatic heterocycles. The van der Waals surface area contributed by atoms with Crippen LogP contribution in [-0.4, -0.2) is 52.5 Å². The summed E-state index contributed by atoms with van der Waals surface area (Å²) in [7, 11) is -18.6. The van der Waals surface area contributed by atoms with Crippen LogP contribution in [0.1, 0.15) is 0 Å². The first-order valence-electron chi connectivity index (χ1n) is 4.84. The minimum atomic E-state index is -6.18. The molecule has 0 amide bonds. The van der Waals surface area contributed by atoms with Crippen LogP contribution in [0.25, 0.3) is 0 Å². The van der Waals surface area contributed by atoms with Crippen molar-refractivity contribution < 1.29 is 52.5 Å². The van der Waals surface area contributed by atoms with Gasteiger partial charge in [0.2, 0.25) is 0 Å². The summed E-state index contributed by atoms with van der Waals surface area (Å²) in [6.45, 7) is -2.42. The standard InChI is InChI=1S/C7H12NO11P3/c1-3-18-5-8(6-19-4-2)7(20(9,10)11,21(12,13)14)22(15,16)17/h1-2H,5-6H2,(H2,9,10,11)(H2,12,13,14)(H2,15,16,17). The molecule has 6 N–H and O–H groups in total. The molecule has 126 valence electrons.